The highest BCUT2D eigenvalue weighted by atomic mass is 16.6. The molecule has 0 saturated carbocycles. The molecule has 0 aromatic rings. The van der Waals surface area contributed by atoms with E-state index in [0.29, 0.717) is 12.8 Å². The number of carbonyl (C=O) groups is 3. The molecule has 0 fully saturated rings. The van der Waals surface area contributed by atoms with Gasteiger partial charge in [0.25, 0.3) is 0 Å². The molecule has 382 valence electrons. The molecule has 6 nitrogen and oxygen atoms in total. The van der Waals surface area contributed by atoms with Crippen molar-refractivity contribution in [1.82, 2.24) is 0 Å². The van der Waals surface area contributed by atoms with Gasteiger partial charge in [-0.2, -0.15) is 0 Å². The minimum absolute atomic E-state index is 0.0989. The van der Waals surface area contributed by atoms with Crippen LogP contribution in [0.15, 0.2) is 97.2 Å². The van der Waals surface area contributed by atoms with Crippen molar-refractivity contribution in [3.05, 3.63) is 97.2 Å². The Morgan fingerprint density at radius 1 is 0.313 bits per heavy atom. The Morgan fingerprint density at radius 2 is 0.612 bits per heavy atom. The summed E-state index contributed by atoms with van der Waals surface area (Å²) in [7, 11) is 0. The van der Waals surface area contributed by atoms with Crippen molar-refractivity contribution in [3.8, 4) is 0 Å². The number of allylic oxidation sites excluding steroid dienone is 16. The van der Waals surface area contributed by atoms with Crippen molar-refractivity contribution < 1.29 is 28.6 Å². The molecule has 0 N–H and O–H groups in total. The molecule has 6 heteroatoms. The molecule has 0 rings (SSSR count). The minimum atomic E-state index is -0.802. The highest BCUT2D eigenvalue weighted by Crippen LogP contribution is 2.14. The summed E-state index contributed by atoms with van der Waals surface area (Å²) in [5, 5.41) is 0. The van der Waals surface area contributed by atoms with Crippen LogP contribution >= 0.6 is 0 Å². The van der Waals surface area contributed by atoms with Crippen molar-refractivity contribution in [2.75, 3.05) is 13.2 Å². The first kappa shape index (κ1) is 63.3. The fraction of sp³-hybridized carbons (Fsp3) is 0.689. The zero-order valence-corrected chi connectivity index (χ0v) is 43.6. The van der Waals surface area contributed by atoms with Crippen LogP contribution in [0.1, 0.15) is 252 Å². The second-order valence-corrected chi connectivity index (χ2v) is 18.1. The molecule has 0 aliphatic rings. The molecule has 67 heavy (non-hydrogen) atoms. The molecule has 0 aliphatic carbocycles. The topological polar surface area (TPSA) is 78.9 Å². The lowest BCUT2D eigenvalue weighted by molar-refractivity contribution is -0.167. The molecular weight excluding hydrogens is 829 g/mol. The van der Waals surface area contributed by atoms with Crippen molar-refractivity contribution in [2.24, 2.45) is 0 Å². The molecular formula is C61H102O6. The van der Waals surface area contributed by atoms with E-state index in [9.17, 15) is 14.4 Å². The van der Waals surface area contributed by atoms with Gasteiger partial charge in [0.2, 0.25) is 0 Å². The van der Waals surface area contributed by atoms with Crippen LogP contribution in [0.4, 0.5) is 0 Å². The lowest BCUT2D eigenvalue weighted by atomic mass is 10.1. The van der Waals surface area contributed by atoms with Crippen LogP contribution in [-0.4, -0.2) is 37.2 Å². The van der Waals surface area contributed by atoms with E-state index in [4.69, 9.17) is 14.2 Å². The predicted molar refractivity (Wildman–Crippen MR) is 288 cm³/mol. The molecule has 0 spiro atoms. The lowest BCUT2D eigenvalue weighted by Gasteiger charge is -2.18. The first-order chi connectivity index (χ1) is 33.0. The van der Waals surface area contributed by atoms with Gasteiger partial charge in [0, 0.05) is 19.3 Å². The van der Waals surface area contributed by atoms with E-state index in [-0.39, 0.29) is 37.5 Å². The maximum absolute atomic E-state index is 12.8. The lowest BCUT2D eigenvalue weighted by Crippen LogP contribution is -2.30. The molecule has 0 aliphatic heterocycles. The molecule has 0 aromatic heterocycles. The summed E-state index contributed by atoms with van der Waals surface area (Å²) in [6.07, 6.45) is 72.6. The number of hydrogen-bond donors (Lipinski definition) is 0. The molecule has 0 amide bonds. The standard InChI is InChI=1S/C61H102O6/c1-4-7-10-13-16-19-22-25-26-27-28-29-30-31-32-33-34-37-39-42-45-48-51-54-60(63)66-57-58(67-61(64)55-52-49-46-43-40-36-24-21-18-15-12-9-6-3)56-65-59(62)53-50-47-44-41-38-35-23-20-17-14-11-8-5-2/h9,11-12,14,18,20-23,25,27-28,30-31,36,40,58H,4-8,10,13,15-17,19,24,26,29,32-35,37-39,41-57H2,1-3H3/b12-9-,14-11-,21-18-,23-20-,25-22-,28-27-,31-30-,40-36-. The first-order valence-corrected chi connectivity index (χ1v) is 27.7. The zero-order chi connectivity index (χ0) is 48.6. The largest absolute Gasteiger partial charge is 0.462 e. The van der Waals surface area contributed by atoms with Gasteiger partial charge in [-0.15, -0.1) is 0 Å². The maximum atomic E-state index is 12.8. The van der Waals surface area contributed by atoms with E-state index in [1.165, 1.54) is 77.0 Å². The molecule has 0 aromatic carbocycles. The molecule has 0 radical (unpaired) electrons. The number of unbranched alkanes of at least 4 members (excludes halogenated alkanes) is 22. The van der Waals surface area contributed by atoms with Gasteiger partial charge in [-0.25, -0.2) is 0 Å². The number of carbonyl (C=O) groups excluding carboxylic acids is 3. The van der Waals surface area contributed by atoms with E-state index >= 15 is 0 Å². The van der Waals surface area contributed by atoms with Crippen molar-refractivity contribution in [1.29, 1.82) is 0 Å². The quantitative estimate of drug-likeness (QED) is 0.0262. The fourth-order valence-corrected chi connectivity index (χ4v) is 7.38. The monoisotopic (exact) mass is 931 g/mol. The maximum Gasteiger partial charge on any atom is 0.306 e. The van der Waals surface area contributed by atoms with Crippen molar-refractivity contribution >= 4 is 17.9 Å². The minimum Gasteiger partial charge on any atom is -0.462 e. The van der Waals surface area contributed by atoms with Gasteiger partial charge < -0.3 is 14.2 Å². The third-order valence-electron chi connectivity index (χ3n) is 11.5. The third-order valence-corrected chi connectivity index (χ3v) is 11.5. The number of rotatable bonds is 49. The Labute approximate surface area is 413 Å². The predicted octanol–water partition coefficient (Wildman–Crippen LogP) is 18.5. The number of hydrogen-bond acceptors (Lipinski definition) is 6. The van der Waals surface area contributed by atoms with Gasteiger partial charge in [-0.05, 0) is 116 Å². The summed E-state index contributed by atoms with van der Waals surface area (Å²) in [5.74, 6) is -0.951. The van der Waals surface area contributed by atoms with E-state index < -0.39 is 6.10 Å². The van der Waals surface area contributed by atoms with Crippen molar-refractivity contribution in [3.63, 3.8) is 0 Å². The Balaban J connectivity index is 4.37. The van der Waals surface area contributed by atoms with Gasteiger partial charge in [-0.3, -0.25) is 14.4 Å². The van der Waals surface area contributed by atoms with E-state index in [1.54, 1.807) is 0 Å². The number of esters is 3. The fourth-order valence-electron chi connectivity index (χ4n) is 7.38. The summed E-state index contributed by atoms with van der Waals surface area (Å²) in [6, 6.07) is 0. The van der Waals surface area contributed by atoms with E-state index in [1.807, 2.05) is 0 Å². The van der Waals surface area contributed by atoms with Gasteiger partial charge in [0.1, 0.15) is 13.2 Å². The van der Waals surface area contributed by atoms with E-state index in [0.717, 1.165) is 135 Å². The number of ether oxygens (including phenoxy) is 3. The van der Waals surface area contributed by atoms with Gasteiger partial charge in [0.15, 0.2) is 6.10 Å². The Morgan fingerprint density at radius 3 is 0.985 bits per heavy atom. The van der Waals surface area contributed by atoms with Gasteiger partial charge in [0.05, 0.1) is 0 Å². The summed E-state index contributed by atoms with van der Waals surface area (Å²) in [6.45, 7) is 6.40. The second kappa shape index (κ2) is 54.9. The Hall–Kier alpha value is -3.67. The summed E-state index contributed by atoms with van der Waals surface area (Å²) < 4.78 is 16.8. The third kappa shape index (κ3) is 53.2. The normalized spacial score (nSPS) is 12.8. The highest BCUT2D eigenvalue weighted by molar-refractivity contribution is 5.71. The van der Waals surface area contributed by atoms with Crippen LogP contribution in [0.25, 0.3) is 0 Å². The zero-order valence-electron chi connectivity index (χ0n) is 43.6. The SMILES string of the molecule is CC/C=C\C/C=C\C/C=C\CCCCCC(=O)OC(COC(=O)CCCCCCC/C=C\C/C=C\CCC)COC(=O)CCCCCCCCCC/C=C\C/C=C\C/C=C\CCCCCCC. The van der Waals surface area contributed by atoms with Crippen LogP contribution in [0.5, 0.6) is 0 Å². The van der Waals surface area contributed by atoms with Crippen LogP contribution in [0.3, 0.4) is 0 Å². The molecule has 1 unspecified atom stereocenters. The average Bonchev–Trinajstić information content (AvgIpc) is 3.33. The first-order valence-electron chi connectivity index (χ1n) is 27.7. The highest BCUT2D eigenvalue weighted by Gasteiger charge is 2.19. The van der Waals surface area contributed by atoms with Crippen LogP contribution in [0.2, 0.25) is 0 Å². The summed E-state index contributed by atoms with van der Waals surface area (Å²) in [5.41, 5.74) is 0. The average molecular weight is 931 g/mol. The Bertz CT molecular complexity index is 1350. The summed E-state index contributed by atoms with van der Waals surface area (Å²) in [4.78, 5) is 38.0. The molecule has 0 heterocycles. The smallest absolute Gasteiger partial charge is 0.306 e. The molecule has 0 saturated heterocycles. The van der Waals surface area contributed by atoms with Crippen LogP contribution < -0.4 is 0 Å². The Kier molecular flexibility index (Phi) is 51.9. The summed E-state index contributed by atoms with van der Waals surface area (Å²) >= 11 is 0. The molecule has 0 bridgehead atoms. The van der Waals surface area contributed by atoms with Gasteiger partial charge >= 0.3 is 17.9 Å². The van der Waals surface area contributed by atoms with Crippen LogP contribution in [-0.2, 0) is 28.6 Å². The molecule has 1 atom stereocenters. The van der Waals surface area contributed by atoms with Crippen molar-refractivity contribution in [2.45, 2.75) is 258 Å². The van der Waals surface area contributed by atoms with Gasteiger partial charge in [-0.1, -0.05) is 214 Å². The van der Waals surface area contributed by atoms with E-state index in [2.05, 4.69) is 118 Å². The second-order valence-electron chi connectivity index (χ2n) is 18.1. The van der Waals surface area contributed by atoms with Crippen LogP contribution in [0, 0.1) is 0 Å².